The molecule has 2 heterocycles. The molecule has 148 valence electrons. The highest BCUT2D eigenvalue weighted by atomic mass is 16.2. The van der Waals surface area contributed by atoms with Crippen molar-refractivity contribution in [2.45, 2.75) is 13.8 Å². The van der Waals surface area contributed by atoms with Crippen molar-refractivity contribution in [1.82, 2.24) is 18.6 Å². The Balaban J connectivity index is 1.88. The molecule has 30 heavy (non-hydrogen) atoms. The van der Waals surface area contributed by atoms with Crippen molar-refractivity contribution in [3.8, 4) is 5.69 Å². The van der Waals surface area contributed by atoms with Crippen LogP contribution in [0.25, 0.3) is 16.7 Å². The van der Waals surface area contributed by atoms with Gasteiger partial charge in [-0.2, -0.15) is 9.03 Å². The van der Waals surface area contributed by atoms with Gasteiger partial charge in [-0.3, -0.25) is 0 Å². The molecule has 0 saturated carbocycles. The second-order valence-electron chi connectivity index (χ2n) is 7.28. The summed E-state index contributed by atoms with van der Waals surface area (Å²) >= 11 is 0. The van der Waals surface area contributed by atoms with Gasteiger partial charge in [0.2, 0.25) is 5.95 Å². The smallest absolute Gasteiger partial charge is 0.324 e. The summed E-state index contributed by atoms with van der Waals surface area (Å²) in [5, 5.41) is 3.19. The zero-order valence-corrected chi connectivity index (χ0v) is 16.5. The van der Waals surface area contributed by atoms with Crippen LogP contribution < -0.4 is 16.7 Å². The van der Waals surface area contributed by atoms with Gasteiger partial charge in [0.1, 0.15) is 0 Å². The maximum absolute atomic E-state index is 13.4. The molecule has 0 radical (unpaired) electrons. The van der Waals surface area contributed by atoms with Gasteiger partial charge in [-0.15, -0.1) is 0 Å². The van der Waals surface area contributed by atoms with Gasteiger partial charge in [0, 0.05) is 5.69 Å². The van der Waals surface area contributed by atoms with Gasteiger partial charge >= 0.3 is 11.4 Å². The predicted molar refractivity (Wildman–Crippen MR) is 117 cm³/mol. The van der Waals surface area contributed by atoms with Gasteiger partial charge in [0.05, 0.1) is 16.7 Å². The van der Waals surface area contributed by atoms with Gasteiger partial charge < -0.3 is 5.32 Å². The SMILES string of the molecule is Cc1ccc(Nc2nc3ccc(C)cc3n3c(=O)n(-c4ccccc4)c(=O)n23)cc1. The highest BCUT2D eigenvalue weighted by Crippen LogP contribution is 2.19. The van der Waals surface area contributed by atoms with E-state index in [1.54, 1.807) is 24.3 Å². The van der Waals surface area contributed by atoms with Gasteiger partial charge in [-0.05, 0) is 55.8 Å². The number of nitrogens with one attached hydrogen (secondary N) is 1. The molecule has 0 unspecified atom stereocenters. The van der Waals surface area contributed by atoms with Crippen LogP contribution in [-0.2, 0) is 0 Å². The van der Waals surface area contributed by atoms with Crippen LogP contribution in [0, 0.1) is 13.8 Å². The number of hydrogen-bond donors (Lipinski definition) is 1. The van der Waals surface area contributed by atoms with Crippen LogP contribution in [0.5, 0.6) is 0 Å². The van der Waals surface area contributed by atoms with Crippen LogP contribution in [0.1, 0.15) is 11.1 Å². The topological polar surface area (TPSA) is 72.8 Å². The van der Waals surface area contributed by atoms with Crippen LogP contribution in [0.4, 0.5) is 11.6 Å². The lowest BCUT2D eigenvalue weighted by Crippen LogP contribution is -2.26. The molecular formula is C23H19N5O2. The van der Waals surface area contributed by atoms with Crippen LogP contribution in [0.15, 0.2) is 82.4 Å². The third-order valence-corrected chi connectivity index (χ3v) is 5.05. The Kier molecular flexibility index (Phi) is 4.03. The van der Waals surface area contributed by atoms with Gasteiger partial charge in [-0.25, -0.2) is 19.1 Å². The Hall–Kier alpha value is -4.13. The predicted octanol–water partition coefficient (Wildman–Crippen LogP) is 3.46. The summed E-state index contributed by atoms with van der Waals surface area (Å²) in [6.07, 6.45) is 0. The first-order valence-electron chi connectivity index (χ1n) is 9.59. The second-order valence-corrected chi connectivity index (χ2v) is 7.28. The van der Waals surface area contributed by atoms with E-state index in [4.69, 9.17) is 0 Å². The molecule has 0 aliphatic carbocycles. The molecule has 0 bridgehead atoms. The van der Waals surface area contributed by atoms with Crippen molar-refractivity contribution >= 4 is 22.7 Å². The van der Waals surface area contributed by atoms with E-state index in [-0.39, 0.29) is 5.95 Å². The summed E-state index contributed by atoms with van der Waals surface area (Å²) in [6.45, 7) is 3.94. The zero-order valence-electron chi connectivity index (χ0n) is 16.5. The first-order chi connectivity index (χ1) is 14.5. The van der Waals surface area contributed by atoms with Crippen molar-refractivity contribution in [2.75, 3.05) is 5.32 Å². The zero-order chi connectivity index (χ0) is 20.8. The number of nitrogens with zero attached hydrogens (tertiary/aromatic N) is 4. The number of aryl methyl sites for hydroxylation is 2. The summed E-state index contributed by atoms with van der Waals surface area (Å²) < 4.78 is 3.82. The Morgan fingerprint density at radius 2 is 1.43 bits per heavy atom. The largest absolute Gasteiger partial charge is 0.359 e. The van der Waals surface area contributed by atoms with Crippen molar-refractivity contribution in [3.63, 3.8) is 0 Å². The van der Waals surface area contributed by atoms with E-state index in [1.165, 1.54) is 9.03 Å². The minimum absolute atomic E-state index is 0.270. The Labute approximate surface area is 171 Å². The molecule has 7 heteroatoms. The van der Waals surface area contributed by atoms with E-state index in [0.29, 0.717) is 16.7 Å². The minimum Gasteiger partial charge on any atom is -0.324 e. The van der Waals surface area contributed by atoms with E-state index in [2.05, 4.69) is 10.3 Å². The van der Waals surface area contributed by atoms with Crippen LogP contribution in [-0.4, -0.2) is 18.6 Å². The highest BCUT2D eigenvalue weighted by Gasteiger charge is 2.19. The van der Waals surface area contributed by atoms with Crippen LogP contribution in [0.3, 0.4) is 0 Å². The minimum atomic E-state index is -0.489. The van der Waals surface area contributed by atoms with E-state index < -0.39 is 11.4 Å². The lowest BCUT2D eigenvalue weighted by atomic mass is 10.2. The summed E-state index contributed by atoms with van der Waals surface area (Å²) in [6, 6.07) is 22.3. The normalized spacial score (nSPS) is 11.3. The number of aromatic nitrogens is 4. The molecule has 0 fully saturated rings. The molecule has 0 aliphatic heterocycles. The fourth-order valence-corrected chi connectivity index (χ4v) is 3.54. The first kappa shape index (κ1) is 17.9. The molecule has 7 nitrogen and oxygen atoms in total. The Bertz CT molecular complexity index is 1510. The maximum Gasteiger partial charge on any atom is 0.359 e. The molecule has 0 saturated heterocycles. The first-order valence-corrected chi connectivity index (χ1v) is 9.59. The molecule has 0 amide bonds. The molecule has 2 aromatic heterocycles. The second kappa shape index (κ2) is 6.73. The molecule has 5 rings (SSSR count). The molecule has 5 aromatic rings. The molecule has 0 atom stereocenters. The van der Waals surface area contributed by atoms with Crippen molar-refractivity contribution in [2.24, 2.45) is 0 Å². The molecular weight excluding hydrogens is 378 g/mol. The monoisotopic (exact) mass is 397 g/mol. The number of para-hydroxylation sites is 1. The lowest BCUT2D eigenvalue weighted by molar-refractivity contribution is 0.793. The third-order valence-electron chi connectivity index (χ3n) is 5.05. The quantitative estimate of drug-likeness (QED) is 0.506. The average molecular weight is 397 g/mol. The van der Waals surface area contributed by atoms with E-state index in [1.807, 2.05) is 62.4 Å². The summed E-state index contributed by atoms with van der Waals surface area (Å²) in [7, 11) is 0. The molecule has 1 N–H and O–H groups in total. The number of benzene rings is 3. The standard InChI is InChI=1S/C23H19N5O2/c1-15-8-11-17(12-9-15)24-21-25-19-13-10-16(2)14-20(19)27-22(29)26(23(30)28(21)27)18-6-4-3-5-7-18/h3-14H,1-2H3,(H,24,25). The summed E-state index contributed by atoms with van der Waals surface area (Å²) in [5.74, 6) is 0.270. The number of rotatable bonds is 3. The van der Waals surface area contributed by atoms with E-state index >= 15 is 0 Å². The number of hydrogen-bond acceptors (Lipinski definition) is 4. The molecule has 3 aromatic carbocycles. The summed E-state index contributed by atoms with van der Waals surface area (Å²) in [4.78, 5) is 31.4. The van der Waals surface area contributed by atoms with E-state index in [0.717, 1.165) is 21.4 Å². The van der Waals surface area contributed by atoms with Gasteiger partial charge in [-0.1, -0.05) is 42.0 Å². The third kappa shape index (κ3) is 2.79. The van der Waals surface area contributed by atoms with Crippen LogP contribution >= 0.6 is 0 Å². The highest BCUT2D eigenvalue weighted by molar-refractivity contribution is 5.77. The van der Waals surface area contributed by atoms with Crippen molar-refractivity contribution in [1.29, 1.82) is 0 Å². The van der Waals surface area contributed by atoms with Crippen LogP contribution in [0.2, 0.25) is 0 Å². The fourth-order valence-electron chi connectivity index (χ4n) is 3.54. The molecule has 0 aliphatic rings. The molecule has 0 spiro atoms. The summed E-state index contributed by atoms with van der Waals surface area (Å²) in [5.41, 5.74) is 3.62. The Morgan fingerprint density at radius 1 is 0.767 bits per heavy atom. The number of fused-ring (bicyclic) bond motifs is 3. The number of anilines is 2. The lowest BCUT2D eigenvalue weighted by Gasteiger charge is -2.10. The van der Waals surface area contributed by atoms with E-state index in [9.17, 15) is 9.59 Å². The average Bonchev–Trinajstić information content (AvgIpc) is 3.02. The fraction of sp³-hybridized carbons (Fsp3) is 0.0870. The Morgan fingerprint density at radius 3 is 2.17 bits per heavy atom. The van der Waals surface area contributed by atoms with Gasteiger partial charge in [0.25, 0.3) is 0 Å². The van der Waals surface area contributed by atoms with Crippen molar-refractivity contribution in [3.05, 3.63) is 105 Å². The van der Waals surface area contributed by atoms with Gasteiger partial charge in [0.15, 0.2) is 0 Å². The van der Waals surface area contributed by atoms with Crippen molar-refractivity contribution < 1.29 is 0 Å². The maximum atomic E-state index is 13.4.